The van der Waals surface area contributed by atoms with Crippen LogP contribution < -0.4 is 4.90 Å². The number of hydrogen-bond donors (Lipinski definition) is 0. The summed E-state index contributed by atoms with van der Waals surface area (Å²) >= 11 is 0. The van der Waals surface area contributed by atoms with Crippen molar-refractivity contribution in [2.45, 2.75) is 69.7 Å². The molecular weight excluding hydrogens is 545 g/mol. The van der Waals surface area contributed by atoms with Crippen molar-refractivity contribution < 1.29 is 49.0 Å². The second-order valence-corrected chi connectivity index (χ2v) is 10.7. The third-order valence-electron chi connectivity index (χ3n) is 7.85. The molecule has 0 aliphatic carbocycles. The first kappa shape index (κ1) is 29.6. The zero-order chi connectivity index (χ0) is 28.6. The van der Waals surface area contributed by atoms with Gasteiger partial charge in [0.1, 0.15) is 0 Å². The highest BCUT2D eigenvalue weighted by Crippen LogP contribution is 2.42. The monoisotopic (exact) mass is 575 g/mol. The molecule has 0 saturated carbocycles. The summed E-state index contributed by atoms with van der Waals surface area (Å²) in [5, 5.41) is 0. The smallest absolute Gasteiger partial charge is 0.426 e. The summed E-state index contributed by atoms with van der Waals surface area (Å²) in [6.07, 6.45) is -17.7. The largest absolute Gasteiger partial charge is 0.434 e. The van der Waals surface area contributed by atoms with Crippen molar-refractivity contribution in [1.82, 2.24) is 9.80 Å². The molecule has 39 heavy (non-hydrogen) atoms. The molecular formula is C25H30F9N3O2. The summed E-state index contributed by atoms with van der Waals surface area (Å²) in [7, 11) is 0. The Morgan fingerprint density at radius 1 is 0.821 bits per heavy atom. The van der Waals surface area contributed by atoms with Gasteiger partial charge in [-0.25, -0.2) is 4.79 Å². The number of ether oxygens (including phenoxy) is 1. The minimum Gasteiger partial charge on any atom is -0.426 e. The van der Waals surface area contributed by atoms with E-state index in [9.17, 15) is 44.3 Å². The van der Waals surface area contributed by atoms with Crippen LogP contribution in [-0.2, 0) is 17.5 Å². The van der Waals surface area contributed by atoms with E-state index >= 15 is 0 Å². The molecule has 14 heteroatoms. The predicted molar refractivity (Wildman–Crippen MR) is 123 cm³/mol. The third kappa shape index (κ3) is 7.23. The lowest BCUT2D eigenvalue weighted by molar-refractivity contribution is -0.308. The zero-order valence-corrected chi connectivity index (χ0v) is 21.1. The van der Waals surface area contributed by atoms with Crippen LogP contribution in [-0.4, -0.2) is 73.6 Å². The first-order valence-electron chi connectivity index (χ1n) is 12.8. The van der Waals surface area contributed by atoms with Gasteiger partial charge in [-0.3, -0.25) is 4.90 Å². The molecule has 1 spiro atoms. The first-order chi connectivity index (χ1) is 18.1. The van der Waals surface area contributed by atoms with E-state index in [1.165, 1.54) is 6.07 Å². The van der Waals surface area contributed by atoms with Crippen LogP contribution in [0.25, 0.3) is 0 Å². The summed E-state index contributed by atoms with van der Waals surface area (Å²) in [5.41, 5.74) is 0.0177. The number of halogens is 9. The predicted octanol–water partition coefficient (Wildman–Crippen LogP) is 6.61. The molecule has 4 rings (SSSR count). The van der Waals surface area contributed by atoms with Gasteiger partial charge in [0.2, 0.25) is 0 Å². The molecule has 3 fully saturated rings. The molecule has 1 aromatic carbocycles. The molecule has 0 aromatic heterocycles. The van der Waals surface area contributed by atoms with Gasteiger partial charge in [-0.15, -0.1) is 0 Å². The second kappa shape index (κ2) is 10.9. The van der Waals surface area contributed by atoms with Gasteiger partial charge in [0.05, 0.1) is 5.56 Å². The highest BCUT2D eigenvalue weighted by atomic mass is 19.4. The van der Waals surface area contributed by atoms with E-state index in [1.54, 1.807) is 6.07 Å². The SMILES string of the molecule is O=C(OC(C(F)(F)F)C(F)(F)F)N1CCC2(CCN(Cc3cc(N4CCCCC4)cc(C(F)(F)F)c3)C2)CC1. The van der Waals surface area contributed by atoms with Crippen LogP contribution in [0.5, 0.6) is 0 Å². The quantitative estimate of drug-likeness (QED) is 0.379. The third-order valence-corrected chi connectivity index (χ3v) is 7.85. The van der Waals surface area contributed by atoms with Gasteiger partial charge in [0.25, 0.3) is 6.10 Å². The van der Waals surface area contributed by atoms with Crippen molar-refractivity contribution in [3.8, 4) is 0 Å². The summed E-state index contributed by atoms with van der Waals surface area (Å²) in [6, 6.07) is 4.11. The summed E-state index contributed by atoms with van der Waals surface area (Å²) in [6.45, 7) is 2.59. The van der Waals surface area contributed by atoms with Gasteiger partial charge in [-0.1, -0.05) is 0 Å². The molecule has 0 bridgehead atoms. The molecule has 0 atom stereocenters. The van der Waals surface area contributed by atoms with Crippen molar-refractivity contribution >= 4 is 11.8 Å². The molecule has 5 nitrogen and oxygen atoms in total. The van der Waals surface area contributed by atoms with E-state index in [0.717, 1.165) is 30.2 Å². The van der Waals surface area contributed by atoms with Crippen molar-refractivity contribution in [2.24, 2.45) is 5.41 Å². The summed E-state index contributed by atoms with van der Waals surface area (Å²) in [4.78, 5) is 16.9. The molecule has 220 valence electrons. The van der Waals surface area contributed by atoms with Crippen LogP contribution in [0.4, 0.5) is 50.0 Å². The van der Waals surface area contributed by atoms with Gasteiger partial charge in [0.15, 0.2) is 0 Å². The van der Waals surface area contributed by atoms with E-state index in [2.05, 4.69) is 4.74 Å². The van der Waals surface area contributed by atoms with Crippen LogP contribution >= 0.6 is 0 Å². The number of anilines is 1. The molecule has 0 radical (unpaired) electrons. The second-order valence-electron chi connectivity index (χ2n) is 10.7. The van der Waals surface area contributed by atoms with E-state index in [4.69, 9.17) is 0 Å². The molecule has 3 aliphatic rings. The fourth-order valence-corrected chi connectivity index (χ4v) is 5.75. The fourth-order valence-electron chi connectivity index (χ4n) is 5.75. The van der Waals surface area contributed by atoms with Gasteiger partial charge in [-0.05, 0) is 74.2 Å². The number of carbonyl (C=O) groups excluding carboxylic acids is 1. The Morgan fingerprint density at radius 2 is 1.41 bits per heavy atom. The molecule has 3 saturated heterocycles. The molecule has 0 unspecified atom stereocenters. The number of carbonyl (C=O) groups is 1. The number of alkyl halides is 9. The minimum absolute atomic E-state index is 0.0717. The lowest BCUT2D eigenvalue weighted by atomic mass is 9.78. The average Bonchev–Trinajstić information content (AvgIpc) is 3.22. The van der Waals surface area contributed by atoms with Crippen molar-refractivity contribution in [3.05, 3.63) is 29.3 Å². The Morgan fingerprint density at radius 3 is 1.97 bits per heavy atom. The van der Waals surface area contributed by atoms with Crippen LogP contribution in [0.15, 0.2) is 18.2 Å². The first-order valence-corrected chi connectivity index (χ1v) is 12.8. The zero-order valence-electron chi connectivity index (χ0n) is 21.1. The molecule has 3 aliphatic heterocycles. The van der Waals surface area contributed by atoms with Gasteiger partial charge in [0, 0.05) is 45.0 Å². The Hall–Kier alpha value is -2.38. The maximum absolute atomic E-state index is 13.6. The van der Waals surface area contributed by atoms with E-state index in [1.807, 2.05) is 9.80 Å². The van der Waals surface area contributed by atoms with Crippen molar-refractivity contribution in [1.29, 1.82) is 0 Å². The standard InChI is InChI=1S/C25H30F9N3O2/c26-23(27,28)18-12-17(13-19(14-18)36-7-2-1-3-8-36)15-35-9-4-22(16-35)5-10-37(11-6-22)21(38)39-20(24(29,30)31)25(32,33)34/h12-14,20H,1-11,15-16H2. The fraction of sp³-hybridized carbons (Fsp3) is 0.720. The lowest BCUT2D eigenvalue weighted by Gasteiger charge is -2.39. The van der Waals surface area contributed by atoms with Crippen LogP contribution in [0.1, 0.15) is 49.7 Å². The number of benzene rings is 1. The lowest BCUT2D eigenvalue weighted by Crippen LogP contribution is -2.50. The van der Waals surface area contributed by atoms with Crippen LogP contribution in [0.3, 0.4) is 0 Å². The molecule has 0 N–H and O–H groups in total. The highest BCUT2D eigenvalue weighted by molar-refractivity contribution is 5.68. The number of hydrogen-bond acceptors (Lipinski definition) is 4. The molecule has 1 amide bonds. The number of amides is 1. The van der Waals surface area contributed by atoms with Gasteiger partial charge < -0.3 is 14.5 Å². The number of rotatable bonds is 4. The topological polar surface area (TPSA) is 36.0 Å². The van der Waals surface area contributed by atoms with Crippen LogP contribution in [0, 0.1) is 5.41 Å². The van der Waals surface area contributed by atoms with E-state index in [0.29, 0.717) is 56.7 Å². The van der Waals surface area contributed by atoms with Crippen molar-refractivity contribution in [2.75, 3.05) is 44.2 Å². The van der Waals surface area contributed by atoms with Crippen LogP contribution in [0.2, 0.25) is 0 Å². The summed E-state index contributed by atoms with van der Waals surface area (Å²) in [5.74, 6) is 0. The maximum atomic E-state index is 13.6. The Balaban J connectivity index is 1.37. The van der Waals surface area contributed by atoms with Gasteiger partial charge in [-0.2, -0.15) is 39.5 Å². The minimum atomic E-state index is -5.78. The Kier molecular flexibility index (Phi) is 8.26. The summed E-state index contributed by atoms with van der Waals surface area (Å²) < 4.78 is 121. The number of piperidine rings is 2. The molecule has 1 aromatic rings. The van der Waals surface area contributed by atoms with Crippen molar-refractivity contribution in [3.63, 3.8) is 0 Å². The molecule has 3 heterocycles. The Bertz CT molecular complexity index is 998. The average molecular weight is 576 g/mol. The van der Waals surface area contributed by atoms with E-state index in [-0.39, 0.29) is 25.0 Å². The highest BCUT2D eigenvalue weighted by Gasteiger charge is 2.60. The maximum Gasteiger partial charge on any atom is 0.434 e. The normalized spacial score (nSPS) is 21.2. The number of nitrogens with zero attached hydrogens (tertiary/aromatic N) is 3. The van der Waals surface area contributed by atoms with E-state index < -0.39 is 36.3 Å². The van der Waals surface area contributed by atoms with Gasteiger partial charge >= 0.3 is 24.6 Å². The Labute approximate surface area is 219 Å². The number of likely N-dealkylation sites (tertiary alicyclic amines) is 2.